The van der Waals surface area contributed by atoms with Crippen molar-refractivity contribution in [3.05, 3.63) is 109 Å². The van der Waals surface area contributed by atoms with Crippen LogP contribution in [0.15, 0.2) is 109 Å². The first-order valence-corrected chi connectivity index (χ1v) is 30.9. The van der Waals surface area contributed by atoms with E-state index in [0.29, 0.717) is 12.8 Å². The third kappa shape index (κ3) is 57.8. The first kappa shape index (κ1) is 69.7. The molecule has 0 heterocycles. The van der Waals surface area contributed by atoms with Gasteiger partial charge in [-0.3, -0.25) is 18.6 Å². The molecule has 10 heteroatoms. The molecule has 0 rings (SSSR count). The van der Waals surface area contributed by atoms with Gasteiger partial charge in [-0.25, -0.2) is 4.57 Å². The maximum Gasteiger partial charge on any atom is 0.472 e. The van der Waals surface area contributed by atoms with Crippen LogP contribution in [0.3, 0.4) is 0 Å². The van der Waals surface area contributed by atoms with Gasteiger partial charge in [0.05, 0.1) is 13.2 Å². The molecule has 9 nitrogen and oxygen atoms in total. The van der Waals surface area contributed by atoms with Crippen molar-refractivity contribution in [3.8, 4) is 0 Å². The Morgan fingerprint density at radius 2 is 0.753 bits per heavy atom. The molecule has 0 aliphatic rings. The van der Waals surface area contributed by atoms with E-state index in [1.54, 1.807) is 0 Å². The van der Waals surface area contributed by atoms with Gasteiger partial charge in [0, 0.05) is 19.4 Å². The number of hydrogen-bond acceptors (Lipinski definition) is 8. The van der Waals surface area contributed by atoms with Gasteiger partial charge in [0.2, 0.25) is 0 Å². The van der Waals surface area contributed by atoms with Crippen LogP contribution >= 0.6 is 7.82 Å². The Bertz CT molecular complexity index is 1560. The average molecular weight is 1040 g/mol. The molecule has 73 heavy (non-hydrogen) atoms. The highest BCUT2D eigenvalue weighted by Gasteiger charge is 2.26. The molecule has 0 aliphatic carbocycles. The molecule has 0 radical (unpaired) electrons. The molecule has 0 aromatic rings. The van der Waals surface area contributed by atoms with Crippen LogP contribution in [0.25, 0.3) is 0 Å². The summed E-state index contributed by atoms with van der Waals surface area (Å²) in [5.74, 6) is -0.845. The number of ether oxygens (including phenoxy) is 2. The van der Waals surface area contributed by atoms with E-state index in [9.17, 15) is 19.0 Å². The minimum atomic E-state index is -4.39. The zero-order chi connectivity index (χ0) is 53.1. The molecule has 0 saturated heterocycles. The van der Waals surface area contributed by atoms with Crippen LogP contribution in [0.1, 0.15) is 245 Å². The van der Waals surface area contributed by atoms with Crippen LogP contribution in [-0.2, 0) is 32.7 Å². The number of unbranched alkanes of at least 4 members (excludes halogenated alkanes) is 23. The number of phosphoric ester groups is 1. The first-order chi connectivity index (χ1) is 35.8. The lowest BCUT2D eigenvalue weighted by Crippen LogP contribution is -2.29. The van der Waals surface area contributed by atoms with Crippen molar-refractivity contribution in [2.24, 2.45) is 5.73 Å². The second kappa shape index (κ2) is 57.9. The summed E-state index contributed by atoms with van der Waals surface area (Å²) in [5, 5.41) is 0. The highest BCUT2D eigenvalue weighted by Crippen LogP contribution is 2.43. The van der Waals surface area contributed by atoms with Gasteiger partial charge in [0.25, 0.3) is 0 Å². The Balaban J connectivity index is 3.91. The van der Waals surface area contributed by atoms with Crippen LogP contribution in [0.2, 0.25) is 0 Å². The molecule has 0 aromatic carbocycles. The van der Waals surface area contributed by atoms with Crippen molar-refractivity contribution in [3.63, 3.8) is 0 Å². The number of esters is 2. The van der Waals surface area contributed by atoms with E-state index < -0.39 is 32.5 Å². The number of phosphoric acid groups is 1. The number of rotatable bonds is 54. The average Bonchev–Trinajstić information content (AvgIpc) is 3.38. The molecule has 3 N–H and O–H groups in total. The van der Waals surface area contributed by atoms with Gasteiger partial charge in [-0.05, 0) is 103 Å². The molecular weight excluding hydrogens is 930 g/mol. The van der Waals surface area contributed by atoms with E-state index >= 15 is 0 Å². The van der Waals surface area contributed by atoms with Crippen LogP contribution in [0, 0.1) is 0 Å². The summed E-state index contributed by atoms with van der Waals surface area (Å²) in [7, 11) is -4.39. The van der Waals surface area contributed by atoms with Crippen LogP contribution < -0.4 is 5.73 Å². The summed E-state index contributed by atoms with van der Waals surface area (Å²) >= 11 is 0. The number of carbonyl (C=O) groups excluding carboxylic acids is 2. The molecule has 0 spiro atoms. The standard InChI is InChI=1S/C63H108NO8P/c1-3-5-7-9-11-13-15-17-19-20-21-22-23-24-25-26-27-28-29-30-31-32-33-34-35-36-37-38-39-40-42-44-46-48-50-52-54-56-63(66)72-61(60-71-73(67,68)70-58-57-64)59-69-62(65)55-53-51-49-47-45-43-41-18-16-14-12-10-8-6-4-2/h5,7,11-14,17-19,21-22,24-25,27-28,30-31,41,61H,3-4,6,8-10,15-16,20,23,26,29,32-40,42-60,64H2,1-2H3,(H,67,68)/b7-5-,13-11-,14-12-,19-17-,22-21-,25-24-,28-27-,31-30-,41-18-. The van der Waals surface area contributed by atoms with Gasteiger partial charge in [0.15, 0.2) is 6.10 Å². The van der Waals surface area contributed by atoms with E-state index in [1.807, 2.05) is 0 Å². The molecule has 0 saturated carbocycles. The van der Waals surface area contributed by atoms with Gasteiger partial charge in [-0.1, -0.05) is 239 Å². The molecule has 0 aromatic heterocycles. The number of nitrogens with two attached hydrogens (primary N) is 1. The molecule has 0 bridgehead atoms. The lowest BCUT2D eigenvalue weighted by Gasteiger charge is -2.19. The summed E-state index contributed by atoms with van der Waals surface area (Å²) in [6.07, 6.45) is 78.7. The number of allylic oxidation sites excluding steroid dienone is 18. The van der Waals surface area contributed by atoms with Gasteiger partial charge in [-0.2, -0.15) is 0 Å². The van der Waals surface area contributed by atoms with E-state index in [2.05, 4.69) is 123 Å². The quantitative estimate of drug-likeness (QED) is 0.0264. The molecule has 2 unspecified atom stereocenters. The maximum absolute atomic E-state index is 12.7. The van der Waals surface area contributed by atoms with Crippen molar-refractivity contribution in [1.82, 2.24) is 0 Å². The fourth-order valence-corrected chi connectivity index (χ4v) is 8.59. The smallest absolute Gasteiger partial charge is 0.462 e. The maximum atomic E-state index is 12.7. The molecule has 0 aliphatic heterocycles. The highest BCUT2D eigenvalue weighted by atomic mass is 31.2. The summed E-state index contributed by atoms with van der Waals surface area (Å²) < 4.78 is 33.0. The van der Waals surface area contributed by atoms with E-state index in [4.69, 9.17) is 24.3 Å². The van der Waals surface area contributed by atoms with Crippen LogP contribution in [0.5, 0.6) is 0 Å². The normalized spacial score (nSPS) is 13.9. The van der Waals surface area contributed by atoms with Crippen LogP contribution in [0.4, 0.5) is 0 Å². The van der Waals surface area contributed by atoms with E-state index in [-0.39, 0.29) is 32.6 Å². The van der Waals surface area contributed by atoms with E-state index in [1.165, 1.54) is 103 Å². The van der Waals surface area contributed by atoms with Crippen molar-refractivity contribution in [1.29, 1.82) is 0 Å². The van der Waals surface area contributed by atoms with Crippen molar-refractivity contribution in [2.45, 2.75) is 251 Å². The third-order valence-corrected chi connectivity index (χ3v) is 13.1. The largest absolute Gasteiger partial charge is 0.472 e. The minimum Gasteiger partial charge on any atom is -0.462 e. The second-order valence-electron chi connectivity index (χ2n) is 19.1. The fraction of sp³-hybridized carbons (Fsp3) is 0.683. The monoisotopic (exact) mass is 1040 g/mol. The van der Waals surface area contributed by atoms with Gasteiger partial charge in [0.1, 0.15) is 6.61 Å². The lowest BCUT2D eigenvalue weighted by atomic mass is 10.0. The predicted molar refractivity (Wildman–Crippen MR) is 311 cm³/mol. The van der Waals surface area contributed by atoms with Crippen molar-refractivity contribution >= 4 is 19.8 Å². The molecule has 2 atom stereocenters. The SMILES string of the molecule is CC/C=C\C/C=C\C/C=C\C/C=C\C/C=C\C/C=C\C/C=C\CCCCCCCCCCCCCCCCCC(=O)OC(COC(=O)CCCCCCC/C=C\C/C=C\CCCCC)COP(=O)(O)OCCN. The van der Waals surface area contributed by atoms with Crippen molar-refractivity contribution < 1.29 is 37.6 Å². The number of carbonyl (C=O) groups is 2. The van der Waals surface area contributed by atoms with Gasteiger partial charge < -0.3 is 20.1 Å². The number of hydrogen-bond donors (Lipinski definition) is 2. The zero-order valence-electron chi connectivity index (χ0n) is 46.6. The van der Waals surface area contributed by atoms with Gasteiger partial charge in [-0.15, -0.1) is 0 Å². The highest BCUT2D eigenvalue weighted by molar-refractivity contribution is 7.47. The Morgan fingerprint density at radius 3 is 1.12 bits per heavy atom. The lowest BCUT2D eigenvalue weighted by molar-refractivity contribution is -0.161. The second-order valence-corrected chi connectivity index (χ2v) is 20.6. The Hall–Kier alpha value is -3.33. The Labute approximate surface area is 448 Å². The van der Waals surface area contributed by atoms with Crippen molar-refractivity contribution in [2.75, 3.05) is 26.4 Å². The summed E-state index contributed by atoms with van der Waals surface area (Å²) in [5.41, 5.74) is 5.37. The molecular formula is C63H108NO8P. The summed E-state index contributed by atoms with van der Waals surface area (Å²) in [6, 6.07) is 0. The van der Waals surface area contributed by atoms with E-state index in [0.717, 1.165) is 103 Å². The van der Waals surface area contributed by atoms with Gasteiger partial charge >= 0.3 is 19.8 Å². The fourth-order valence-electron chi connectivity index (χ4n) is 7.82. The summed E-state index contributed by atoms with van der Waals surface area (Å²) in [6.45, 7) is 3.58. The zero-order valence-corrected chi connectivity index (χ0v) is 47.5. The topological polar surface area (TPSA) is 134 Å². The minimum absolute atomic E-state index is 0.0477. The molecule has 0 fully saturated rings. The predicted octanol–water partition coefficient (Wildman–Crippen LogP) is 18.6. The molecule has 418 valence electrons. The first-order valence-electron chi connectivity index (χ1n) is 29.4. The Kier molecular flexibility index (Phi) is 55.3. The summed E-state index contributed by atoms with van der Waals surface area (Å²) in [4.78, 5) is 35.1. The Morgan fingerprint density at radius 1 is 0.425 bits per heavy atom. The molecule has 0 amide bonds. The van der Waals surface area contributed by atoms with Crippen LogP contribution in [-0.4, -0.2) is 49.3 Å². The third-order valence-electron chi connectivity index (χ3n) is 12.1.